The highest BCUT2D eigenvalue weighted by Crippen LogP contribution is 2.36. The van der Waals surface area contributed by atoms with Crippen LogP contribution in [0.3, 0.4) is 0 Å². The molecule has 0 saturated carbocycles. The summed E-state index contributed by atoms with van der Waals surface area (Å²) in [5.74, 6) is -2.65. The summed E-state index contributed by atoms with van der Waals surface area (Å²) in [6.07, 6.45) is 2.69. The number of hydrogen-bond donors (Lipinski definition) is 1. The van der Waals surface area contributed by atoms with Crippen LogP contribution in [-0.2, 0) is 22.2 Å². The molecule has 0 radical (unpaired) electrons. The van der Waals surface area contributed by atoms with Crippen molar-refractivity contribution < 1.29 is 23.6 Å². The van der Waals surface area contributed by atoms with Crippen molar-refractivity contribution in [2.45, 2.75) is 57.7 Å². The molecule has 2 aromatic heterocycles. The number of piperazine rings is 1. The molecule has 2 unspecified atom stereocenters. The molecule has 6 rings (SSSR count). The first-order valence-electron chi connectivity index (χ1n) is 14.8. The van der Waals surface area contributed by atoms with Crippen molar-refractivity contribution in [3.05, 3.63) is 58.4 Å². The number of carbonyl (C=O) groups excluding carboxylic acids is 4. The van der Waals surface area contributed by atoms with Gasteiger partial charge in [-0.3, -0.25) is 34.3 Å². The van der Waals surface area contributed by atoms with Crippen molar-refractivity contribution in [3.8, 4) is 6.07 Å². The fourth-order valence-electron chi connectivity index (χ4n) is 6.26. The number of hydrogen-bond acceptors (Lipinski definition) is 10. The maximum Gasteiger partial charge on any atom is 0.262 e. The van der Waals surface area contributed by atoms with E-state index in [0.717, 1.165) is 23.0 Å². The van der Waals surface area contributed by atoms with Gasteiger partial charge < -0.3 is 9.47 Å². The average Bonchev–Trinajstić information content (AvgIpc) is 3.71. The van der Waals surface area contributed by atoms with Gasteiger partial charge in [-0.05, 0) is 60.9 Å². The number of nitrogens with zero attached hydrogens (tertiary/aromatic N) is 9. The van der Waals surface area contributed by atoms with Crippen LogP contribution < -0.4 is 10.2 Å². The molecule has 45 heavy (non-hydrogen) atoms. The zero-order valence-corrected chi connectivity index (χ0v) is 25.4. The largest absolute Gasteiger partial charge is 0.367 e. The zero-order chi connectivity index (χ0) is 32.2. The predicted octanol–water partition coefficient (Wildman–Crippen LogP) is 1.48. The third-order valence-electron chi connectivity index (χ3n) is 9.16. The molecular formula is C30H33FN10O4. The van der Waals surface area contributed by atoms with Gasteiger partial charge in [0.05, 0.1) is 28.4 Å². The van der Waals surface area contributed by atoms with E-state index in [1.165, 1.54) is 6.07 Å². The molecule has 0 bridgehead atoms. The van der Waals surface area contributed by atoms with Crippen LogP contribution in [0.2, 0.25) is 0 Å². The molecule has 15 heteroatoms. The normalized spacial score (nSPS) is 20.0. The summed E-state index contributed by atoms with van der Waals surface area (Å²) in [5, 5.41) is 24.5. The number of rotatable bonds is 7. The third-order valence-corrected chi connectivity index (χ3v) is 9.16. The highest BCUT2D eigenvalue weighted by Gasteiger charge is 2.45. The van der Waals surface area contributed by atoms with Crippen LogP contribution >= 0.6 is 0 Å². The maximum atomic E-state index is 15.6. The molecule has 3 aliphatic heterocycles. The van der Waals surface area contributed by atoms with E-state index in [1.807, 2.05) is 21.8 Å². The number of carbonyl (C=O) groups is 4. The van der Waals surface area contributed by atoms with Gasteiger partial charge in [-0.15, -0.1) is 5.10 Å². The molecule has 3 aliphatic rings. The standard InChI is InChI=1S/C30H33FN10O4/c1-5-30(2,3)41-26(34-35-36-41)25(17-12-18(15-32)37(4)16-17)39-10-8-38(9-11-39)23-14-20-19(13-21(23)31)28(44)40(29(20)45)22-6-7-24(42)33-27(22)43/h12-14,16,22,25H,5-11H2,1-4H3,(H,33,42,43). The van der Waals surface area contributed by atoms with Crippen LogP contribution in [0, 0.1) is 17.1 Å². The van der Waals surface area contributed by atoms with Gasteiger partial charge in [-0.2, -0.15) is 5.26 Å². The Bertz CT molecular complexity index is 1760. The summed E-state index contributed by atoms with van der Waals surface area (Å²) < 4.78 is 19.1. The topological polar surface area (TPSA) is 162 Å². The van der Waals surface area contributed by atoms with Crippen LogP contribution in [0.25, 0.3) is 0 Å². The van der Waals surface area contributed by atoms with Crippen LogP contribution in [0.1, 0.15) is 83.9 Å². The van der Waals surface area contributed by atoms with Gasteiger partial charge in [-0.1, -0.05) is 6.92 Å². The number of fused-ring (bicyclic) bond motifs is 1. The first-order chi connectivity index (χ1) is 21.4. The second-order valence-corrected chi connectivity index (χ2v) is 12.2. The summed E-state index contributed by atoms with van der Waals surface area (Å²) in [5.41, 5.74) is 1.08. The van der Waals surface area contributed by atoms with Gasteiger partial charge in [0, 0.05) is 45.8 Å². The number of halogens is 1. The Morgan fingerprint density at radius 2 is 1.78 bits per heavy atom. The minimum absolute atomic E-state index is 0.00217. The average molecular weight is 617 g/mol. The highest BCUT2D eigenvalue weighted by atomic mass is 19.1. The number of benzene rings is 1. The van der Waals surface area contributed by atoms with Gasteiger partial charge in [0.15, 0.2) is 5.82 Å². The first-order valence-corrected chi connectivity index (χ1v) is 14.8. The number of nitriles is 1. The number of aryl methyl sites for hydroxylation is 1. The Labute approximate surface area is 258 Å². The van der Waals surface area contributed by atoms with Crippen LogP contribution in [-0.4, -0.2) is 90.4 Å². The lowest BCUT2D eigenvalue weighted by molar-refractivity contribution is -0.136. The number of amides is 4. The van der Waals surface area contributed by atoms with Crippen molar-refractivity contribution in [1.82, 2.24) is 39.9 Å². The van der Waals surface area contributed by atoms with Gasteiger partial charge in [0.25, 0.3) is 11.8 Å². The molecular weight excluding hydrogens is 583 g/mol. The summed E-state index contributed by atoms with van der Waals surface area (Å²) in [4.78, 5) is 55.3. The molecule has 2 atom stereocenters. The van der Waals surface area contributed by atoms with Crippen molar-refractivity contribution in [2.24, 2.45) is 7.05 Å². The van der Waals surface area contributed by atoms with E-state index >= 15 is 4.39 Å². The molecule has 0 spiro atoms. The predicted molar refractivity (Wildman–Crippen MR) is 156 cm³/mol. The Morgan fingerprint density at radius 3 is 2.40 bits per heavy atom. The van der Waals surface area contributed by atoms with Crippen molar-refractivity contribution >= 4 is 29.3 Å². The molecule has 1 aromatic carbocycles. The summed E-state index contributed by atoms with van der Waals surface area (Å²) in [6.45, 7) is 7.90. The molecule has 3 aromatic rings. The SMILES string of the molecule is CCC(C)(C)n1nnnc1C(c1cc(C#N)n(C)c1)N1CCN(c2cc3c(cc2F)C(=O)N(C2CCC(=O)NC2=O)C3=O)CC1. The Kier molecular flexibility index (Phi) is 7.48. The lowest BCUT2D eigenvalue weighted by Gasteiger charge is -2.40. The van der Waals surface area contributed by atoms with E-state index in [-0.39, 0.29) is 41.2 Å². The molecule has 2 saturated heterocycles. The van der Waals surface area contributed by atoms with Crippen molar-refractivity contribution in [2.75, 3.05) is 31.1 Å². The fourth-order valence-corrected chi connectivity index (χ4v) is 6.26. The van der Waals surface area contributed by atoms with Crippen LogP contribution in [0.15, 0.2) is 24.4 Å². The van der Waals surface area contributed by atoms with E-state index in [9.17, 15) is 24.4 Å². The van der Waals surface area contributed by atoms with Gasteiger partial charge in [0.1, 0.15) is 23.6 Å². The van der Waals surface area contributed by atoms with Gasteiger partial charge in [-0.25, -0.2) is 9.07 Å². The minimum Gasteiger partial charge on any atom is -0.367 e. The number of nitrogens with one attached hydrogen (secondary N) is 1. The van der Waals surface area contributed by atoms with Crippen LogP contribution in [0.4, 0.5) is 10.1 Å². The molecule has 5 heterocycles. The molecule has 234 valence electrons. The van der Waals surface area contributed by atoms with Crippen molar-refractivity contribution in [1.29, 1.82) is 5.26 Å². The summed E-state index contributed by atoms with van der Waals surface area (Å²) in [7, 11) is 1.81. The molecule has 4 amide bonds. The van der Waals surface area contributed by atoms with Crippen LogP contribution in [0.5, 0.6) is 0 Å². The quantitative estimate of drug-likeness (QED) is 0.385. The Morgan fingerprint density at radius 1 is 1.09 bits per heavy atom. The monoisotopic (exact) mass is 616 g/mol. The zero-order valence-electron chi connectivity index (χ0n) is 25.4. The number of aromatic nitrogens is 5. The lowest BCUT2D eigenvalue weighted by Crippen LogP contribution is -2.54. The molecule has 14 nitrogen and oxygen atoms in total. The maximum absolute atomic E-state index is 15.6. The van der Waals surface area contributed by atoms with Gasteiger partial charge in [0.2, 0.25) is 11.8 Å². The molecule has 1 N–H and O–H groups in total. The molecule has 2 fully saturated rings. The number of tetrazole rings is 1. The molecule has 0 aliphatic carbocycles. The van der Waals surface area contributed by atoms with E-state index in [0.29, 0.717) is 37.7 Å². The summed E-state index contributed by atoms with van der Waals surface area (Å²) >= 11 is 0. The van der Waals surface area contributed by atoms with E-state index in [4.69, 9.17) is 0 Å². The highest BCUT2D eigenvalue weighted by molar-refractivity contribution is 6.23. The second kappa shape index (κ2) is 11.2. The fraction of sp³-hybridized carbons (Fsp3) is 0.467. The second-order valence-electron chi connectivity index (χ2n) is 12.2. The van der Waals surface area contributed by atoms with E-state index in [2.05, 4.69) is 52.6 Å². The number of imide groups is 2. The van der Waals surface area contributed by atoms with E-state index in [1.54, 1.807) is 11.6 Å². The smallest absolute Gasteiger partial charge is 0.262 e. The van der Waals surface area contributed by atoms with Gasteiger partial charge >= 0.3 is 0 Å². The Balaban J connectivity index is 1.27. The van der Waals surface area contributed by atoms with Crippen molar-refractivity contribution in [3.63, 3.8) is 0 Å². The number of piperidine rings is 1. The first kappa shape index (κ1) is 30.1. The lowest BCUT2D eigenvalue weighted by atomic mass is 10.00. The third kappa shape index (κ3) is 5.04. The number of anilines is 1. The minimum atomic E-state index is -1.13. The Hall–Kier alpha value is -4.97. The van der Waals surface area contributed by atoms with E-state index < -0.39 is 35.5 Å². The summed E-state index contributed by atoms with van der Waals surface area (Å²) in [6, 6.07) is 4.96.